The molecule has 0 aliphatic carbocycles. The molecule has 0 bridgehead atoms. The number of amides is 1. The van der Waals surface area contributed by atoms with E-state index in [1.807, 2.05) is 13.8 Å². The van der Waals surface area contributed by atoms with Crippen LogP contribution in [-0.4, -0.2) is 29.0 Å². The summed E-state index contributed by atoms with van der Waals surface area (Å²) in [5.74, 6) is 2.19. The summed E-state index contributed by atoms with van der Waals surface area (Å²) in [6.45, 7) is 4.48. The van der Waals surface area contributed by atoms with Crippen molar-refractivity contribution in [2.75, 3.05) is 13.1 Å². The standard InChI is InChI=1S/C13H15NO2/c1-4-8-14(5-2)13(16)11-7-6-10(3)9-12(11)15/h1,6-7,9,15H,5,8H2,2-3H3. The lowest BCUT2D eigenvalue weighted by Crippen LogP contribution is -2.31. The molecule has 0 aromatic heterocycles. The number of carbonyl (C=O) groups is 1. The molecule has 3 nitrogen and oxygen atoms in total. The summed E-state index contributed by atoms with van der Waals surface area (Å²) >= 11 is 0. The van der Waals surface area contributed by atoms with E-state index in [-0.39, 0.29) is 18.2 Å². The first kappa shape index (κ1) is 12.1. The van der Waals surface area contributed by atoms with Gasteiger partial charge in [0.05, 0.1) is 12.1 Å². The number of hydrogen-bond acceptors (Lipinski definition) is 2. The van der Waals surface area contributed by atoms with Crippen LogP contribution in [0.5, 0.6) is 5.75 Å². The van der Waals surface area contributed by atoms with Crippen molar-refractivity contribution in [1.29, 1.82) is 0 Å². The Morgan fingerprint density at radius 2 is 2.25 bits per heavy atom. The second-order valence-corrected chi connectivity index (χ2v) is 3.54. The first-order valence-electron chi connectivity index (χ1n) is 5.12. The molecule has 0 aliphatic heterocycles. The minimum atomic E-state index is -0.238. The highest BCUT2D eigenvalue weighted by atomic mass is 16.3. The van der Waals surface area contributed by atoms with Gasteiger partial charge in [-0.05, 0) is 31.5 Å². The van der Waals surface area contributed by atoms with Gasteiger partial charge in [-0.1, -0.05) is 12.0 Å². The number of benzene rings is 1. The molecular weight excluding hydrogens is 202 g/mol. The average molecular weight is 217 g/mol. The molecule has 0 spiro atoms. The van der Waals surface area contributed by atoms with Crippen molar-refractivity contribution in [3.63, 3.8) is 0 Å². The third-order valence-electron chi connectivity index (χ3n) is 2.33. The Labute approximate surface area is 95.7 Å². The highest BCUT2D eigenvalue weighted by Crippen LogP contribution is 2.20. The van der Waals surface area contributed by atoms with Crippen molar-refractivity contribution in [3.05, 3.63) is 29.3 Å². The predicted octanol–water partition coefficient (Wildman–Crippen LogP) is 1.80. The number of terminal acetylenes is 1. The Morgan fingerprint density at radius 1 is 1.56 bits per heavy atom. The lowest BCUT2D eigenvalue weighted by Gasteiger charge is -2.18. The van der Waals surface area contributed by atoms with Crippen LogP contribution in [0, 0.1) is 19.3 Å². The molecule has 0 saturated carbocycles. The lowest BCUT2D eigenvalue weighted by molar-refractivity contribution is 0.0782. The maximum absolute atomic E-state index is 12.0. The first-order chi connectivity index (χ1) is 7.60. The Kier molecular flexibility index (Phi) is 3.96. The van der Waals surface area contributed by atoms with Gasteiger partial charge in [-0.15, -0.1) is 6.42 Å². The van der Waals surface area contributed by atoms with Crippen LogP contribution < -0.4 is 0 Å². The Hall–Kier alpha value is -1.95. The van der Waals surface area contributed by atoms with E-state index in [1.54, 1.807) is 18.2 Å². The van der Waals surface area contributed by atoms with Crippen LogP contribution in [-0.2, 0) is 0 Å². The summed E-state index contributed by atoms with van der Waals surface area (Å²) in [5.41, 5.74) is 1.21. The summed E-state index contributed by atoms with van der Waals surface area (Å²) in [6.07, 6.45) is 5.18. The van der Waals surface area contributed by atoms with Crippen LogP contribution in [0.15, 0.2) is 18.2 Å². The molecule has 0 saturated heterocycles. The van der Waals surface area contributed by atoms with Gasteiger partial charge in [-0.2, -0.15) is 0 Å². The first-order valence-corrected chi connectivity index (χ1v) is 5.12. The largest absolute Gasteiger partial charge is 0.507 e. The van der Waals surface area contributed by atoms with Crippen LogP contribution in [0.4, 0.5) is 0 Å². The predicted molar refractivity (Wildman–Crippen MR) is 63.3 cm³/mol. The van der Waals surface area contributed by atoms with Crippen molar-refractivity contribution in [2.45, 2.75) is 13.8 Å². The molecule has 1 aromatic carbocycles. The van der Waals surface area contributed by atoms with Gasteiger partial charge in [0.2, 0.25) is 0 Å². The smallest absolute Gasteiger partial charge is 0.258 e. The molecule has 0 fully saturated rings. The Morgan fingerprint density at radius 3 is 2.75 bits per heavy atom. The highest BCUT2D eigenvalue weighted by molar-refractivity contribution is 5.97. The normalized spacial score (nSPS) is 9.56. The number of nitrogens with zero attached hydrogens (tertiary/aromatic N) is 1. The van der Waals surface area contributed by atoms with Crippen molar-refractivity contribution in [1.82, 2.24) is 4.90 Å². The van der Waals surface area contributed by atoms with E-state index in [1.165, 1.54) is 4.90 Å². The molecule has 1 N–H and O–H groups in total. The topological polar surface area (TPSA) is 40.5 Å². The number of carbonyl (C=O) groups excluding carboxylic acids is 1. The number of aryl methyl sites for hydroxylation is 1. The molecular formula is C13H15NO2. The van der Waals surface area contributed by atoms with Gasteiger partial charge in [-0.25, -0.2) is 0 Å². The number of phenols is 1. The summed E-state index contributed by atoms with van der Waals surface area (Å²) in [7, 11) is 0. The average Bonchev–Trinajstić information content (AvgIpc) is 2.25. The lowest BCUT2D eigenvalue weighted by atomic mass is 10.1. The van der Waals surface area contributed by atoms with Gasteiger partial charge < -0.3 is 10.0 Å². The van der Waals surface area contributed by atoms with Crippen LogP contribution in [0.25, 0.3) is 0 Å². The summed E-state index contributed by atoms with van der Waals surface area (Å²) in [6, 6.07) is 4.97. The molecule has 3 heteroatoms. The van der Waals surface area contributed by atoms with E-state index < -0.39 is 0 Å². The van der Waals surface area contributed by atoms with E-state index in [9.17, 15) is 9.90 Å². The summed E-state index contributed by atoms with van der Waals surface area (Å²) in [5, 5.41) is 9.68. The minimum absolute atomic E-state index is 0.000437. The summed E-state index contributed by atoms with van der Waals surface area (Å²) < 4.78 is 0. The molecule has 0 atom stereocenters. The third-order valence-corrected chi connectivity index (χ3v) is 2.33. The van der Waals surface area contributed by atoms with E-state index in [0.717, 1.165) is 5.56 Å². The molecule has 84 valence electrons. The molecule has 16 heavy (non-hydrogen) atoms. The monoisotopic (exact) mass is 217 g/mol. The fraction of sp³-hybridized carbons (Fsp3) is 0.308. The zero-order valence-electron chi connectivity index (χ0n) is 9.53. The molecule has 0 unspecified atom stereocenters. The van der Waals surface area contributed by atoms with E-state index in [0.29, 0.717) is 12.1 Å². The molecule has 1 rings (SSSR count). The van der Waals surface area contributed by atoms with Gasteiger partial charge in [0.25, 0.3) is 5.91 Å². The third kappa shape index (κ3) is 2.54. The van der Waals surface area contributed by atoms with Crippen LogP contribution in [0.1, 0.15) is 22.8 Å². The number of rotatable bonds is 3. The molecule has 0 heterocycles. The van der Waals surface area contributed by atoms with E-state index in [4.69, 9.17) is 6.42 Å². The van der Waals surface area contributed by atoms with Gasteiger partial charge in [0, 0.05) is 6.54 Å². The molecule has 1 amide bonds. The quantitative estimate of drug-likeness (QED) is 0.784. The molecule has 1 aromatic rings. The fourth-order valence-corrected chi connectivity index (χ4v) is 1.43. The van der Waals surface area contributed by atoms with Crippen molar-refractivity contribution in [3.8, 4) is 18.1 Å². The zero-order chi connectivity index (χ0) is 12.1. The maximum Gasteiger partial charge on any atom is 0.258 e. The van der Waals surface area contributed by atoms with E-state index in [2.05, 4.69) is 5.92 Å². The van der Waals surface area contributed by atoms with Crippen LogP contribution in [0.2, 0.25) is 0 Å². The zero-order valence-corrected chi connectivity index (χ0v) is 9.53. The van der Waals surface area contributed by atoms with Gasteiger partial charge >= 0.3 is 0 Å². The Balaban J connectivity index is 3.00. The van der Waals surface area contributed by atoms with Crippen LogP contribution >= 0.6 is 0 Å². The van der Waals surface area contributed by atoms with Crippen molar-refractivity contribution in [2.24, 2.45) is 0 Å². The second-order valence-electron chi connectivity index (χ2n) is 3.54. The minimum Gasteiger partial charge on any atom is -0.507 e. The van der Waals surface area contributed by atoms with Gasteiger partial charge in [0.15, 0.2) is 0 Å². The number of phenolic OH excluding ortho intramolecular Hbond substituents is 1. The fourth-order valence-electron chi connectivity index (χ4n) is 1.43. The summed E-state index contributed by atoms with van der Waals surface area (Å²) in [4.78, 5) is 13.5. The number of hydrogen-bond donors (Lipinski definition) is 1. The second kappa shape index (κ2) is 5.22. The van der Waals surface area contributed by atoms with Gasteiger partial charge in [0.1, 0.15) is 5.75 Å². The Bertz CT molecular complexity index is 432. The maximum atomic E-state index is 12.0. The van der Waals surface area contributed by atoms with Crippen molar-refractivity contribution >= 4 is 5.91 Å². The van der Waals surface area contributed by atoms with Crippen molar-refractivity contribution < 1.29 is 9.90 Å². The van der Waals surface area contributed by atoms with E-state index >= 15 is 0 Å². The molecule has 0 radical (unpaired) electrons. The molecule has 0 aliphatic rings. The SMILES string of the molecule is C#CCN(CC)C(=O)c1ccc(C)cc1O. The number of aromatic hydroxyl groups is 1. The van der Waals surface area contributed by atoms with Crippen LogP contribution in [0.3, 0.4) is 0 Å². The highest BCUT2D eigenvalue weighted by Gasteiger charge is 2.16. The van der Waals surface area contributed by atoms with Gasteiger partial charge in [-0.3, -0.25) is 4.79 Å².